The summed E-state index contributed by atoms with van der Waals surface area (Å²) >= 11 is 0. The van der Waals surface area contributed by atoms with E-state index in [1.165, 1.54) is 0 Å². The number of aliphatic hydroxyl groups is 1. The first kappa shape index (κ1) is 16.7. The van der Waals surface area contributed by atoms with Crippen molar-refractivity contribution < 1.29 is 9.90 Å². The maximum absolute atomic E-state index is 12.4. The number of nitrogens with zero attached hydrogens (tertiary/aromatic N) is 3. The molecular weight excluding hydrogens is 328 g/mol. The van der Waals surface area contributed by atoms with Gasteiger partial charge < -0.3 is 15.0 Å². The van der Waals surface area contributed by atoms with Crippen LogP contribution in [0.4, 0.5) is 0 Å². The molecule has 0 bridgehead atoms. The molecule has 0 radical (unpaired) electrons. The van der Waals surface area contributed by atoms with Crippen LogP contribution in [0, 0.1) is 0 Å². The Kier molecular flexibility index (Phi) is 4.67. The molecule has 0 aliphatic heterocycles. The number of amides is 1. The molecule has 0 unspecified atom stereocenters. The molecule has 3 aromatic heterocycles. The van der Waals surface area contributed by atoms with Gasteiger partial charge in [-0.3, -0.25) is 9.78 Å². The molecule has 1 amide bonds. The van der Waals surface area contributed by atoms with Crippen molar-refractivity contribution in [2.24, 2.45) is 0 Å². The predicted octanol–water partition coefficient (Wildman–Crippen LogP) is 2.84. The second-order valence-electron chi connectivity index (χ2n) is 6.83. The summed E-state index contributed by atoms with van der Waals surface area (Å²) in [6, 6.07) is 10.1. The van der Waals surface area contributed by atoms with E-state index in [-0.39, 0.29) is 18.6 Å². The lowest BCUT2D eigenvalue weighted by Gasteiger charge is -2.30. The van der Waals surface area contributed by atoms with Gasteiger partial charge in [0.1, 0.15) is 11.3 Å². The lowest BCUT2D eigenvalue weighted by molar-refractivity contribution is 0.0917. The van der Waals surface area contributed by atoms with Crippen LogP contribution >= 0.6 is 0 Å². The third-order valence-corrected chi connectivity index (χ3v) is 5.14. The Balaban J connectivity index is 1.38. The normalized spacial score (nSPS) is 20.2. The fourth-order valence-corrected chi connectivity index (χ4v) is 3.74. The number of pyridine rings is 2. The van der Waals surface area contributed by atoms with Gasteiger partial charge in [-0.1, -0.05) is 0 Å². The topological polar surface area (TPSA) is 80.0 Å². The standard InChI is InChI=1S/C20H22N4O2/c25-13-14-7-10-21-18(12-14)20(26)23-16-3-5-17(6-4-16)24-11-8-15-2-1-9-22-19(15)24/h1-2,7-12,16-17,25H,3-6,13H2,(H,23,26). The van der Waals surface area contributed by atoms with E-state index in [4.69, 9.17) is 0 Å². The first-order valence-electron chi connectivity index (χ1n) is 9.03. The molecule has 6 nitrogen and oxygen atoms in total. The molecule has 1 saturated carbocycles. The van der Waals surface area contributed by atoms with Gasteiger partial charge >= 0.3 is 0 Å². The van der Waals surface area contributed by atoms with Crippen molar-refractivity contribution in [2.45, 2.75) is 44.4 Å². The summed E-state index contributed by atoms with van der Waals surface area (Å²) < 4.78 is 2.26. The highest BCUT2D eigenvalue weighted by molar-refractivity contribution is 5.92. The van der Waals surface area contributed by atoms with Crippen LogP contribution < -0.4 is 5.32 Å². The molecule has 0 atom stereocenters. The molecule has 3 aromatic rings. The second kappa shape index (κ2) is 7.25. The number of nitrogens with one attached hydrogen (secondary N) is 1. The van der Waals surface area contributed by atoms with Crippen molar-refractivity contribution in [2.75, 3.05) is 0 Å². The number of hydrogen-bond donors (Lipinski definition) is 2. The van der Waals surface area contributed by atoms with Gasteiger partial charge in [0.05, 0.1) is 6.61 Å². The largest absolute Gasteiger partial charge is 0.392 e. The zero-order valence-electron chi connectivity index (χ0n) is 14.5. The summed E-state index contributed by atoms with van der Waals surface area (Å²) in [6.45, 7) is -0.0905. The molecule has 1 aliphatic rings. The smallest absolute Gasteiger partial charge is 0.270 e. The molecular formula is C20H22N4O2. The van der Waals surface area contributed by atoms with Crippen molar-refractivity contribution in [1.29, 1.82) is 0 Å². The predicted molar refractivity (Wildman–Crippen MR) is 98.7 cm³/mol. The van der Waals surface area contributed by atoms with Crippen LogP contribution in [0.3, 0.4) is 0 Å². The second-order valence-corrected chi connectivity index (χ2v) is 6.83. The van der Waals surface area contributed by atoms with Gasteiger partial charge in [0.25, 0.3) is 5.91 Å². The molecule has 0 aromatic carbocycles. The molecule has 2 N–H and O–H groups in total. The van der Waals surface area contributed by atoms with E-state index in [2.05, 4.69) is 38.2 Å². The number of fused-ring (bicyclic) bond motifs is 1. The number of hydrogen-bond acceptors (Lipinski definition) is 4. The van der Waals surface area contributed by atoms with Crippen molar-refractivity contribution in [1.82, 2.24) is 19.9 Å². The van der Waals surface area contributed by atoms with Crippen LogP contribution in [-0.4, -0.2) is 31.6 Å². The van der Waals surface area contributed by atoms with Crippen LogP contribution in [0.25, 0.3) is 11.0 Å². The van der Waals surface area contributed by atoms with Gasteiger partial charge in [0, 0.05) is 36.1 Å². The van der Waals surface area contributed by atoms with E-state index in [1.807, 2.05) is 12.3 Å². The van der Waals surface area contributed by atoms with Crippen molar-refractivity contribution >= 4 is 16.9 Å². The highest BCUT2D eigenvalue weighted by Gasteiger charge is 2.25. The molecule has 1 aliphatic carbocycles. The summed E-state index contributed by atoms with van der Waals surface area (Å²) in [5.74, 6) is -0.170. The minimum atomic E-state index is -0.170. The van der Waals surface area contributed by atoms with Crippen LogP contribution in [0.15, 0.2) is 48.9 Å². The molecule has 134 valence electrons. The molecule has 0 spiro atoms. The molecule has 6 heteroatoms. The third kappa shape index (κ3) is 3.32. The van der Waals surface area contributed by atoms with E-state index >= 15 is 0 Å². The Morgan fingerprint density at radius 2 is 2.00 bits per heavy atom. The van der Waals surface area contributed by atoms with E-state index in [0.717, 1.165) is 36.7 Å². The number of carbonyl (C=O) groups is 1. The first-order chi connectivity index (χ1) is 12.7. The molecule has 3 heterocycles. The van der Waals surface area contributed by atoms with Gasteiger partial charge in [-0.2, -0.15) is 0 Å². The summed E-state index contributed by atoms with van der Waals surface area (Å²) in [7, 11) is 0. The van der Waals surface area contributed by atoms with Crippen molar-refractivity contribution in [3.8, 4) is 0 Å². The molecule has 26 heavy (non-hydrogen) atoms. The van der Waals surface area contributed by atoms with Gasteiger partial charge in [-0.05, 0) is 61.6 Å². The number of rotatable bonds is 4. The van der Waals surface area contributed by atoms with Gasteiger partial charge in [-0.25, -0.2) is 4.98 Å². The lowest BCUT2D eigenvalue weighted by Crippen LogP contribution is -2.38. The fourth-order valence-electron chi connectivity index (χ4n) is 3.74. The summed E-state index contributed by atoms with van der Waals surface area (Å²) in [5.41, 5.74) is 2.09. The van der Waals surface area contributed by atoms with Crippen LogP contribution in [0.5, 0.6) is 0 Å². The molecule has 4 rings (SSSR count). The van der Waals surface area contributed by atoms with Crippen LogP contribution in [-0.2, 0) is 6.61 Å². The SMILES string of the molecule is O=C(NC1CCC(n2ccc3cccnc32)CC1)c1cc(CO)ccn1. The zero-order valence-corrected chi connectivity index (χ0v) is 14.5. The van der Waals surface area contributed by atoms with Crippen LogP contribution in [0.1, 0.15) is 47.8 Å². The quantitative estimate of drug-likeness (QED) is 0.758. The highest BCUT2D eigenvalue weighted by atomic mass is 16.3. The first-order valence-corrected chi connectivity index (χ1v) is 9.03. The van der Waals surface area contributed by atoms with Crippen molar-refractivity contribution in [3.05, 3.63) is 60.2 Å². The summed E-state index contributed by atoms with van der Waals surface area (Å²) in [4.78, 5) is 21.0. The minimum Gasteiger partial charge on any atom is -0.392 e. The maximum atomic E-state index is 12.4. The zero-order chi connectivity index (χ0) is 17.9. The number of carbonyl (C=O) groups excluding carboxylic acids is 1. The lowest BCUT2D eigenvalue weighted by atomic mass is 9.91. The van der Waals surface area contributed by atoms with Gasteiger partial charge in [-0.15, -0.1) is 0 Å². The fraction of sp³-hybridized carbons (Fsp3) is 0.350. The van der Waals surface area contributed by atoms with E-state index < -0.39 is 0 Å². The number of aromatic nitrogens is 3. The average Bonchev–Trinajstić information content (AvgIpc) is 3.13. The Labute approximate surface area is 151 Å². The molecule has 1 fully saturated rings. The highest BCUT2D eigenvalue weighted by Crippen LogP contribution is 2.31. The minimum absolute atomic E-state index is 0.0905. The Bertz CT molecular complexity index is 913. The van der Waals surface area contributed by atoms with Gasteiger partial charge in [0.2, 0.25) is 0 Å². The van der Waals surface area contributed by atoms with Gasteiger partial charge in [0.15, 0.2) is 0 Å². The average molecular weight is 350 g/mol. The van der Waals surface area contributed by atoms with E-state index in [0.29, 0.717) is 17.3 Å². The number of aliphatic hydroxyl groups excluding tert-OH is 1. The van der Waals surface area contributed by atoms with Crippen LogP contribution in [0.2, 0.25) is 0 Å². The Morgan fingerprint density at radius 1 is 1.15 bits per heavy atom. The summed E-state index contributed by atoms with van der Waals surface area (Å²) in [6.07, 6.45) is 9.39. The van der Waals surface area contributed by atoms with E-state index in [1.54, 1.807) is 18.3 Å². The Morgan fingerprint density at radius 3 is 2.81 bits per heavy atom. The summed E-state index contributed by atoms with van der Waals surface area (Å²) in [5, 5.41) is 13.4. The Hall–Kier alpha value is -2.73. The third-order valence-electron chi connectivity index (χ3n) is 5.14. The van der Waals surface area contributed by atoms with E-state index in [9.17, 15) is 9.90 Å². The maximum Gasteiger partial charge on any atom is 0.270 e. The monoisotopic (exact) mass is 350 g/mol. The van der Waals surface area contributed by atoms with Crippen molar-refractivity contribution in [3.63, 3.8) is 0 Å². The molecule has 0 saturated heterocycles.